The van der Waals surface area contributed by atoms with Gasteiger partial charge in [0.15, 0.2) is 5.82 Å². The molecule has 7 heteroatoms. The highest BCUT2D eigenvalue weighted by Gasteiger charge is 2.42. The molecule has 0 fully saturated rings. The lowest BCUT2D eigenvalue weighted by atomic mass is 9.77. The number of rotatable bonds is 10. The maximum Gasteiger partial charge on any atom is 0.184 e. The Morgan fingerprint density at radius 1 is 0.681 bits per heavy atom. The van der Waals surface area contributed by atoms with E-state index in [1.54, 1.807) is 0 Å². The number of nitrogens with zero attached hydrogens (tertiary/aromatic N) is 6. The zero-order valence-electron chi connectivity index (χ0n) is 26.7. The topological polar surface area (TPSA) is 87.4 Å². The van der Waals surface area contributed by atoms with E-state index in [1.807, 2.05) is 28.9 Å². The van der Waals surface area contributed by atoms with Gasteiger partial charge in [0.05, 0.1) is 5.69 Å². The van der Waals surface area contributed by atoms with Crippen molar-refractivity contribution in [1.82, 2.24) is 29.8 Å². The van der Waals surface area contributed by atoms with E-state index in [0.29, 0.717) is 12.4 Å². The SMILES string of the molecule is CCc1nc(CCN)c(C)n1-c1ccc(-c2ccccc2)c(-c2nnnn2C(c2ccccc2)(c2ccccc2)c2ccccc2)c1. The molecule has 0 atom stereocenters. The number of tetrazole rings is 1. The summed E-state index contributed by atoms with van der Waals surface area (Å²) in [5, 5.41) is 14.0. The lowest BCUT2D eigenvalue weighted by Crippen LogP contribution is -2.39. The summed E-state index contributed by atoms with van der Waals surface area (Å²) < 4.78 is 4.25. The molecule has 47 heavy (non-hydrogen) atoms. The number of hydrogen-bond acceptors (Lipinski definition) is 5. The Morgan fingerprint density at radius 2 is 1.23 bits per heavy atom. The number of hydrogen-bond donors (Lipinski definition) is 1. The molecule has 0 amide bonds. The molecule has 5 aromatic carbocycles. The highest BCUT2D eigenvalue weighted by molar-refractivity contribution is 5.82. The lowest BCUT2D eigenvalue weighted by Gasteiger charge is -2.36. The first-order valence-corrected chi connectivity index (χ1v) is 16.1. The van der Waals surface area contributed by atoms with Crippen LogP contribution in [0.15, 0.2) is 140 Å². The molecule has 232 valence electrons. The van der Waals surface area contributed by atoms with Crippen LogP contribution in [0, 0.1) is 6.92 Å². The average molecular weight is 616 g/mol. The van der Waals surface area contributed by atoms with Gasteiger partial charge in [0.2, 0.25) is 0 Å². The van der Waals surface area contributed by atoms with Gasteiger partial charge < -0.3 is 10.3 Å². The van der Waals surface area contributed by atoms with Crippen molar-refractivity contribution in [2.24, 2.45) is 5.73 Å². The second-order valence-electron chi connectivity index (χ2n) is 11.6. The van der Waals surface area contributed by atoms with Gasteiger partial charge in [-0.3, -0.25) is 0 Å². The van der Waals surface area contributed by atoms with Crippen molar-refractivity contribution in [2.75, 3.05) is 6.54 Å². The monoisotopic (exact) mass is 615 g/mol. The van der Waals surface area contributed by atoms with E-state index in [4.69, 9.17) is 21.0 Å². The summed E-state index contributed by atoms with van der Waals surface area (Å²) in [6, 6.07) is 48.4. The van der Waals surface area contributed by atoms with E-state index < -0.39 is 5.54 Å². The van der Waals surface area contributed by atoms with E-state index in [9.17, 15) is 0 Å². The van der Waals surface area contributed by atoms with Crippen LogP contribution in [0.3, 0.4) is 0 Å². The zero-order valence-corrected chi connectivity index (χ0v) is 26.7. The molecule has 0 aliphatic carbocycles. The van der Waals surface area contributed by atoms with Crippen molar-refractivity contribution in [1.29, 1.82) is 0 Å². The van der Waals surface area contributed by atoms with Crippen LogP contribution in [0.4, 0.5) is 0 Å². The zero-order chi connectivity index (χ0) is 32.2. The van der Waals surface area contributed by atoms with Crippen molar-refractivity contribution >= 4 is 0 Å². The molecule has 0 aliphatic rings. The number of nitrogens with two attached hydrogens (primary N) is 1. The molecule has 7 rings (SSSR count). The van der Waals surface area contributed by atoms with Crippen LogP contribution in [-0.2, 0) is 18.4 Å². The molecule has 0 saturated carbocycles. The highest BCUT2D eigenvalue weighted by atomic mass is 15.6. The molecule has 7 aromatic rings. The molecule has 0 bridgehead atoms. The first-order valence-electron chi connectivity index (χ1n) is 16.1. The largest absolute Gasteiger partial charge is 0.330 e. The third-order valence-electron chi connectivity index (χ3n) is 8.92. The standard InChI is InChI=1S/C40H37N7/c1-3-38-42-37(26-27-41)29(2)46(38)34-24-25-35(30-16-8-4-9-17-30)36(28-34)39-43-44-45-47(39)40(31-18-10-5-11-19-31,32-20-12-6-13-21-32)33-22-14-7-15-23-33/h4-25,28H,3,26-27,41H2,1-2H3. The van der Waals surface area contributed by atoms with Crippen LogP contribution in [0.5, 0.6) is 0 Å². The number of aromatic nitrogens is 6. The third kappa shape index (κ3) is 5.24. The van der Waals surface area contributed by atoms with Gasteiger partial charge in [0.1, 0.15) is 11.4 Å². The first kappa shape index (κ1) is 30.0. The van der Waals surface area contributed by atoms with Crippen LogP contribution in [0.2, 0.25) is 0 Å². The highest BCUT2D eigenvalue weighted by Crippen LogP contribution is 2.44. The van der Waals surface area contributed by atoms with E-state index in [-0.39, 0.29) is 0 Å². The van der Waals surface area contributed by atoms with E-state index in [0.717, 1.165) is 69.1 Å². The minimum atomic E-state index is -0.875. The Balaban J connectivity index is 1.56. The van der Waals surface area contributed by atoms with Crippen LogP contribution in [0.1, 0.15) is 40.8 Å². The summed E-state index contributed by atoms with van der Waals surface area (Å²) >= 11 is 0. The van der Waals surface area contributed by atoms with Gasteiger partial charge >= 0.3 is 0 Å². The van der Waals surface area contributed by atoms with Crippen molar-refractivity contribution in [3.8, 4) is 28.2 Å². The molecule has 0 aliphatic heterocycles. The van der Waals surface area contributed by atoms with Gasteiger partial charge in [0.25, 0.3) is 0 Å². The average Bonchev–Trinajstić information content (AvgIpc) is 3.75. The quantitative estimate of drug-likeness (QED) is 0.162. The van der Waals surface area contributed by atoms with Gasteiger partial charge in [-0.25, -0.2) is 9.67 Å². The van der Waals surface area contributed by atoms with Crippen molar-refractivity contribution in [2.45, 2.75) is 32.2 Å². The maximum absolute atomic E-state index is 5.97. The van der Waals surface area contributed by atoms with Gasteiger partial charge in [-0.05, 0) is 63.8 Å². The predicted octanol–water partition coefficient (Wildman–Crippen LogP) is 7.41. The van der Waals surface area contributed by atoms with Gasteiger partial charge in [0, 0.05) is 29.8 Å². The Labute approximate surface area is 275 Å². The Morgan fingerprint density at radius 3 is 1.77 bits per heavy atom. The predicted molar refractivity (Wildman–Crippen MR) is 187 cm³/mol. The van der Waals surface area contributed by atoms with E-state index in [1.165, 1.54) is 0 Å². The van der Waals surface area contributed by atoms with Crippen molar-refractivity contribution in [3.05, 3.63) is 173 Å². The van der Waals surface area contributed by atoms with Crippen LogP contribution in [0.25, 0.3) is 28.2 Å². The van der Waals surface area contributed by atoms with Crippen LogP contribution in [-0.4, -0.2) is 36.3 Å². The third-order valence-corrected chi connectivity index (χ3v) is 8.92. The molecular formula is C40H37N7. The number of benzene rings is 5. The van der Waals surface area contributed by atoms with Crippen LogP contribution < -0.4 is 5.73 Å². The molecule has 0 radical (unpaired) electrons. The normalized spacial score (nSPS) is 11.6. The van der Waals surface area contributed by atoms with Crippen molar-refractivity contribution in [3.63, 3.8) is 0 Å². The summed E-state index contributed by atoms with van der Waals surface area (Å²) in [7, 11) is 0. The number of aryl methyl sites for hydroxylation is 1. The fourth-order valence-electron chi connectivity index (χ4n) is 6.77. The summed E-state index contributed by atoms with van der Waals surface area (Å²) in [5.41, 5.74) is 14.4. The number of imidazole rings is 1. The summed E-state index contributed by atoms with van der Waals surface area (Å²) in [4.78, 5) is 4.98. The van der Waals surface area contributed by atoms with Gasteiger partial charge in [-0.15, -0.1) is 5.10 Å². The van der Waals surface area contributed by atoms with Crippen LogP contribution >= 0.6 is 0 Å². The minimum Gasteiger partial charge on any atom is -0.330 e. The van der Waals surface area contributed by atoms with E-state index >= 15 is 0 Å². The maximum atomic E-state index is 5.97. The molecule has 2 N–H and O–H groups in total. The second kappa shape index (κ2) is 13.0. The molecule has 0 spiro atoms. The fraction of sp³-hybridized carbons (Fsp3) is 0.150. The Kier molecular flexibility index (Phi) is 8.29. The first-order chi connectivity index (χ1) is 23.2. The lowest BCUT2D eigenvalue weighted by molar-refractivity contribution is 0.451. The molecule has 2 aromatic heterocycles. The fourth-order valence-corrected chi connectivity index (χ4v) is 6.77. The molecular weight excluding hydrogens is 578 g/mol. The molecule has 7 nitrogen and oxygen atoms in total. The van der Waals surface area contributed by atoms with E-state index in [2.05, 4.69) is 139 Å². The summed E-state index contributed by atoms with van der Waals surface area (Å²) in [6.45, 7) is 4.81. The molecule has 0 saturated heterocycles. The molecule has 0 unspecified atom stereocenters. The second-order valence-corrected chi connectivity index (χ2v) is 11.6. The Hall–Kier alpha value is -5.66. The van der Waals surface area contributed by atoms with Gasteiger partial charge in [-0.2, -0.15) is 0 Å². The Bertz CT molecular complexity index is 1990. The smallest absolute Gasteiger partial charge is 0.184 e. The van der Waals surface area contributed by atoms with Crippen molar-refractivity contribution < 1.29 is 0 Å². The molecule has 2 heterocycles. The minimum absolute atomic E-state index is 0.550. The summed E-state index contributed by atoms with van der Waals surface area (Å²) in [5.74, 6) is 1.65. The van der Waals surface area contributed by atoms with Gasteiger partial charge in [-0.1, -0.05) is 134 Å². The summed E-state index contributed by atoms with van der Waals surface area (Å²) in [6.07, 6.45) is 1.52.